The van der Waals surface area contributed by atoms with Crippen LogP contribution in [0.1, 0.15) is 5.56 Å². The lowest BCUT2D eigenvalue weighted by Crippen LogP contribution is -2.28. The van der Waals surface area contributed by atoms with Crippen LogP contribution < -0.4 is 4.90 Å². The molecule has 0 unspecified atom stereocenters. The lowest BCUT2D eigenvalue weighted by molar-refractivity contribution is -0.115. The second-order valence-electron chi connectivity index (χ2n) is 4.57. The third kappa shape index (κ3) is 3.17. The number of benzene rings is 2. The molecule has 1 aliphatic rings. The van der Waals surface area contributed by atoms with E-state index in [0.717, 1.165) is 5.56 Å². The number of phenolic OH excluding ortho intramolecular Hbond substituents is 1. The van der Waals surface area contributed by atoms with Crippen LogP contribution in [0, 0.1) is 0 Å². The molecule has 0 saturated carbocycles. The van der Waals surface area contributed by atoms with E-state index in [2.05, 4.69) is 10.2 Å². The summed E-state index contributed by atoms with van der Waals surface area (Å²) in [6.07, 6.45) is 1.64. The monoisotopic (exact) mass is 311 g/mol. The molecule has 3 rings (SSSR count). The molecule has 5 nitrogen and oxygen atoms in total. The van der Waals surface area contributed by atoms with E-state index in [1.165, 1.54) is 28.8 Å². The molecule has 1 saturated heterocycles. The standard InChI is InChI=1S/C16H13N3O2S/c20-14-8-6-13(7-9-14)19-15(21)11-22-16(19)18-17-10-12-4-2-1-3-5-12/h1-10,20H,11H2/b17-10-,18-16-. The highest BCUT2D eigenvalue weighted by Gasteiger charge is 2.29. The van der Waals surface area contributed by atoms with Crippen molar-refractivity contribution in [1.82, 2.24) is 0 Å². The first-order chi connectivity index (χ1) is 10.7. The number of anilines is 1. The van der Waals surface area contributed by atoms with E-state index in [-0.39, 0.29) is 11.7 Å². The Kier molecular flexibility index (Phi) is 4.20. The summed E-state index contributed by atoms with van der Waals surface area (Å²) in [5.41, 5.74) is 1.61. The molecule has 1 fully saturated rings. The SMILES string of the molecule is O=C1CS/C(=N\N=C/c2ccccc2)N1c1ccc(O)cc1. The van der Waals surface area contributed by atoms with Gasteiger partial charge in [0.05, 0.1) is 17.7 Å². The van der Waals surface area contributed by atoms with Gasteiger partial charge in [0.25, 0.3) is 0 Å². The van der Waals surface area contributed by atoms with Gasteiger partial charge in [-0.3, -0.25) is 9.69 Å². The molecule has 0 spiro atoms. The van der Waals surface area contributed by atoms with Gasteiger partial charge in [0.15, 0.2) is 5.17 Å². The smallest absolute Gasteiger partial charge is 0.243 e. The predicted molar refractivity (Wildman–Crippen MR) is 89.5 cm³/mol. The van der Waals surface area contributed by atoms with Crippen molar-refractivity contribution in [3.05, 3.63) is 60.2 Å². The third-order valence-electron chi connectivity index (χ3n) is 3.02. The maximum Gasteiger partial charge on any atom is 0.243 e. The fourth-order valence-corrected chi connectivity index (χ4v) is 2.80. The number of hydrogen-bond donors (Lipinski definition) is 1. The zero-order chi connectivity index (χ0) is 15.4. The Labute approximate surface area is 132 Å². The highest BCUT2D eigenvalue weighted by molar-refractivity contribution is 8.15. The third-order valence-corrected chi connectivity index (χ3v) is 3.94. The average molecular weight is 311 g/mol. The van der Waals surface area contributed by atoms with Gasteiger partial charge in [0, 0.05) is 0 Å². The van der Waals surface area contributed by atoms with E-state index in [1.54, 1.807) is 18.3 Å². The first-order valence-corrected chi connectivity index (χ1v) is 7.63. The molecule has 1 heterocycles. The first-order valence-electron chi connectivity index (χ1n) is 6.65. The van der Waals surface area contributed by atoms with Crippen molar-refractivity contribution in [1.29, 1.82) is 0 Å². The van der Waals surface area contributed by atoms with Gasteiger partial charge in [-0.1, -0.05) is 42.1 Å². The van der Waals surface area contributed by atoms with E-state index in [1.807, 2.05) is 30.3 Å². The quantitative estimate of drug-likeness (QED) is 0.700. The fraction of sp³-hybridized carbons (Fsp3) is 0.0625. The summed E-state index contributed by atoms with van der Waals surface area (Å²) in [6.45, 7) is 0. The van der Waals surface area contributed by atoms with Crippen LogP contribution in [0.25, 0.3) is 0 Å². The number of aromatic hydroxyl groups is 1. The van der Waals surface area contributed by atoms with Crippen molar-refractivity contribution in [2.75, 3.05) is 10.7 Å². The second kappa shape index (κ2) is 6.44. The number of carbonyl (C=O) groups is 1. The molecule has 1 amide bonds. The van der Waals surface area contributed by atoms with Crippen molar-refractivity contribution >= 4 is 34.7 Å². The molecule has 1 aliphatic heterocycles. The Balaban J connectivity index is 1.82. The predicted octanol–water partition coefficient (Wildman–Crippen LogP) is 2.86. The number of carbonyl (C=O) groups excluding carboxylic acids is 1. The van der Waals surface area contributed by atoms with Crippen molar-refractivity contribution in [2.45, 2.75) is 0 Å². The molecule has 110 valence electrons. The summed E-state index contributed by atoms with van der Waals surface area (Å²) in [4.78, 5) is 13.5. The van der Waals surface area contributed by atoms with Crippen LogP contribution in [-0.2, 0) is 4.79 Å². The van der Waals surface area contributed by atoms with Gasteiger partial charge in [-0.15, -0.1) is 5.10 Å². The number of amidine groups is 1. The van der Waals surface area contributed by atoms with Crippen molar-refractivity contribution < 1.29 is 9.90 Å². The lowest BCUT2D eigenvalue weighted by atomic mass is 10.2. The number of nitrogens with zero attached hydrogens (tertiary/aromatic N) is 3. The van der Waals surface area contributed by atoms with E-state index in [4.69, 9.17) is 0 Å². The summed E-state index contributed by atoms with van der Waals surface area (Å²) in [7, 11) is 0. The van der Waals surface area contributed by atoms with Crippen LogP contribution in [0.15, 0.2) is 64.8 Å². The lowest BCUT2D eigenvalue weighted by Gasteiger charge is -2.14. The van der Waals surface area contributed by atoms with Crippen molar-refractivity contribution in [3.63, 3.8) is 0 Å². The largest absolute Gasteiger partial charge is 0.508 e. The Morgan fingerprint density at radius 3 is 2.55 bits per heavy atom. The number of phenols is 1. The summed E-state index contributed by atoms with van der Waals surface area (Å²) < 4.78 is 0. The summed E-state index contributed by atoms with van der Waals surface area (Å²) in [5, 5.41) is 18.1. The van der Waals surface area contributed by atoms with Gasteiger partial charge in [-0.2, -0.15) is 5.10 Å². The van der Waals surface area contributed by atoms with E-state index in [9.17, 15) is 9.90 Å². The van der Waals surface area contributed by atoms with Crippen molar-refractivity contribution in [3.8, 4) is 5.75 Å². The number of hydrogen-bond acceptors (Lipinski definition) is 5. The minimum Gasteiger partial charge on any atom is -0.508 e. The molecule has 2 aromatic carbocycles. The van der Waals surface area contributed by atoms with Gasteiger partial charge in [-0.25, -0.2) is 0 Å². The van der Waals surface area contributed by atoms with Crippen LogP contribution in [-0.4, -0.2) is 28.1 Å². The van der Waals surface area contributed by atoms with E-state index >= 15 is 0 Å². The summed E-state index contributed by atoms with van der Waals surface area (Å²) in [5.74, 6) is 0.439. The number of thioether (sulfide) groups is 1. The van der Waals surface area contributed by atoms with Crippen LogP contribution in [0.3, 0.4) is 0 Å². The molecule has 1 N–H and O–H groups in total. The molecule has 0 radical (unpaired) electrons. The van der Waals surface area contributed by atoms with Crippen LogP contribution in [0.5, 0.6) is 5.75 Å². The van der Waals surface area contributed by atoms with Crippen LogP contribution in [0.2, 0.25) is 0 Å². The Bertz CT molecular complexity index is 727. The minimum atomic E-state index is -0.0515. The van der Waals surface area contributed by atoms with Crippen LogP contribution in [0.4, 0.5) is 5.69 Å². The summed E-state index contributed by atoms with van der Waals surface area (Å²) in [6, 6.07) is 16.1. The molecule has 0 aromatic heterocycles. The maximum atomic E-state index is 12.0. The first kappa shape index (κ1) is 14.3. The average Bonchev–Trinajstić information content (AvgIpc) is 2.90. The molecule has 6 heteroatoms. The zero-order valence-corrected chi connectivity index (χ0v) is 12.4. The van der Waals surface area contributed by atoms with Gasteiger partial charge in [0.1, 0.15) is 5.75 Å². The van der Waals surface area contributed by atoms with Gasteiger partial charge in [-0.05, 0) is 29.8 Å². The molecular formula is C16H13N3O2S. The zero-order valence-electron chi connectivity index (χ0n) is 11.6. The highest BCUT2D eigenvalue weighted by Crippen LogP contribution is 2.27. The summed E-state index contributed by atoms with van der Waals surface area (Å²) >= 11 is 1.34. The molecule has 0 bridgehead atoms. The minimum absolute atomic E-state index is 0.0515. The van der Waals surface area contributed by atoms with E-state index < -0.39 is 0 Å². The second-order valence-corrected chi connectivity index (χ2v) is 5.51. The molecule has 2 aromatic rings. The van der Waals surface area contributed by atoms with Crippen LogP contribution >= 0.6 is 11.8 Å². The molecule has 22 heavy (non-hydrogen) atoms. The number of rotatable bonds is 3. The Morgan fingerprint density at radius 2 is 1.82 bits per heavy atom. The van der Waals surface area contributed by atoms with Gasteiger partial charge < -0.3 is 5.11 Å². The molecule has 0 atom stereocenters. The Morgan fingerprint density at radius 1 is 1.09 bits per heavy atom. The highest BCUT2D eigenvalue weighted by atomic mass is 32.2. The molecular weight excluding hydrogens is 298 g/mol. The Hall–Kier alpha value is -2.60. The van der Waals surface area contributed by atoms with Crippen molar-refractivity contribution in [2.24, 2.45) is 10.2 Å². The van der Waals surface area contributed by atoms with Gasteiger partial charge >= 0.3 is 0 Å². The topological polar surface area (TPSA) is 65.3 Å². The fourth-order valence-electron chi connectivity index (χ4n) is 1.98. The maximum absolute atomic E-state index is 12.0. The van der Waals surface area contributed by atoms with Gasteiger partial charge in [0.2, 0.25) is 5.91 Å². The normalized spacial score (nSPS) is 16.8. The molecule has 0 aliphatic carbocycles. The van der Waals surface area contributed by atoms with E-state index in [0.29, 0.717) is 16.6 Å². The number of amides is 1.